The molecule has 242 valence electrons. The van der Waals surface area contributed by atoms with Crippen molar-refractivity contribution in [2.24, 2.45) is 29.1 Å². The highest BCUT2D eigenvalue weighted by molar-refractivity contribution is 6.07. The second kappa shape index (κ2) is 9.90. The number of likely N-dealkylation sites (tertiary alicyclic amines) is 2. The Morgan fingerprint density at radius 1 is 1.16 bits per heavy atom. The van der Waals surface area contributed by atoms with Gasteiger partial charge in [-0.3, -0.25) is 19.3 Å². The summed E-state index contributed by atoms with van der Waals surface area (Å²) in [7, 11) is 0. The Labute approximate surface area is 259 Å². The van der Waals surface area contributed by atoms with Gasteiger partial charge in [-0.1, -0.05) is 39.0 Å². The van der Waals surface area contributed by atoms with E-state index in [4.69, 9.17) is 0 Å². The van der Waals surface area contributed by atoms with Gasteiger partial charge in [-0.25, -0.2) is 17.6 Å². The highest BCUT2D eigenvalue weighted by Gasteiger charge is 2.65. The largest absolute Gasteiger partial charge is 0.349 e. The molecule has 2 N–H and O–H groups in total. The summed E-state index contributed by atoms with van der Waals surface area (Å²) >= 11 is 0. The number of alkyl halides is 4. The van der Waals surface area contributed by atoms with Crippen LogP contribution < -0.4 is 10.6 Å². The van der Waals surface area contributed by atoms with Crippen molar-refractivity contribution >= 4 is 23.4 Å². The lowest BCUT2D eigenvalue weighted by atomic mass is 9.76. The smallest absolute Gasteiger partial charge is 0.258 e. The van der Waals surface area contributed by atoms with E-state index >= 15 is 8.78 Å². The molecule has 0 radical (unpaired) electrons. The molecule has 2 bridgehead atoms. The van der Waals surface area contributed by atoms with Crippen molar-refractivity contribution in [1.29, 1.82) is 5.26 Å². The topological polar surface area (TPSA) is 106 Å². The van der Waals surface area contributed by atoms with Crippen molar-refractivity contribution < 1.29 is 31.9 Å². The average molecular weight is 630 g/mol. The number of hydrogen-bond donors (Lipinski definition) is 2. The molecule has 7 rings (SSSR count). The molecule has 45 heavy (non-hydrogen) atoms. The minimum absolute atomic E-state index is 0.0137. The van der Waals surface area contributed by atoms with E-state index in [-0.39, 0.29) is 55.0 Å². The zero-order chi connectivity index (χ0) is 32.3. The lowest BCUT2D eigenvalue weighted by molar-refractivity contribution is -0.185. The Kier molecular flexibility index (Phi) is 6.70. The first-order valence-corrected chi connectivity index (χ1v) is 15.9. The van der Waals surface area contributed by atoms with Crippen molar-refractivity contribution in [2.75, 3.05) is 25.0 Å². The molecule has 5 fully saturated rings. The van der Waals surface area contributed by atoms with Crippen LogP contribution in [0.3, 0.4) is 0 Å². The number of carbonyl (C=O) groups is 3. The van der Waals surface area contributed by atoms with Crippen molar-refractivity contribution in [1.82, 2.24) is 15.1 Å². The summed E-state index contributed by atoms with van der Waals surface area (Å²) in [5, 5.41) is 15.8. The van der Waals surface area contributed by atoms with Crippen LogP contribution in [0.4, 0.5) is 23.2 Å². The first-order chi connectivity index (χ1) is 21.1. The van der Waals surface area contributed by atoms with Gasteiger partial charge in [0.25, 0.3) is 11.8 Å². The molecule has 1 aromatic carbocycles. The van der Waals surface area contributed by atoms with Crippen molar-refractivity contribution in [3.8, 4) is 6.07 Å². The predicted molar refractivity (Wildman–Crippen MR) is 155 cm³/mol. The molecule has 1 aromatic rings. The summed E-state index contributed by atoms with van der Waals surface area (Å²) < 4.78 is 57.5. The van der Waals surface area contributed by atoms with E-state index in [2.05, 4.69) is 16.7 Å². The molecule has 12 heteroatoms. The van der Waals surface area contributed by atoms with E-state index in [9.17, 15) is 28.4 Å². The lowest BCUT2D eigenvalue weighted by Crippen LogP contribution is -2.62. The molecule has 3 saturated carbocycles. The number of fused-ring (bicyclic) bond motifs is 7. The Morgan fingerprint density at radius 2 is 1.87 bits per heavy atom. The van der Waals surface area contributed by atoms with E-state index in [0.29, 0.717) is 25.1 Å². The van der Waals surface area contributed by atoms with Crippen LogP contribution in [-0.2, 0) is 19.8 Å². The molecular formula is C33H39F4N5O3. The molecule has 3 heterocycles. The number of rotatable bonds is 5. The van der Waals surface area contributed by atoms with Crippen LogP contribution in [0.1, 0.15) is 58.4 Å². The molecule has 3 aliphatic carbocycles. The summed E-state index contributed by atoms with van der Waals surface area (Å²) in [6.07, 6.45) is -2.11. The van der Waals surface area contributed by atoms with E-state index < -0.39 is 65.5 Å². The van der Waals surface area contributed by atoms with Crippen LogP contribution in [0.15, 0.2) is 24.3 Å². The zero-order valence-corrected chi connectivity index (χ0v) is 25.7. The molecular weight excluding hydrogens is 590 g/mol. The molecule has 9 atom stereocenters. The van der Waals surface area contributed by atoms with Gasteiger partial charge in [0.1, 0.15) is 12.2 Å². The molecule has 8 nitrogen and oxygen atoms in total. The second-order valence-corrected chi connectivity index (χ2v) is 15.5. The van der Waals surface area contributed by atoms with Gasteiger partial charge >= 0.3 is 0 Å². The maximum Gasteiger partial charge on any atom is 0.258 e. The maximum absolute atomic E-state index is 15.3. The summed E-state index contributed by atoms with van der Waals surface area (Å²) in [4.78, 5) is 44.5. The van der Waals surface area contributed by atoms with Crippen LogP contribution in [0.2, 0.25) is 0 Å². The van der Waals surface area contributed by atoms with Gasteiger partial charge in [-0.05, 0) is 53.6 Å². The fourth-order valence-electron chi connectivity index (χ4n) is 9.46. The fraction of sp³-hybridized carbons (Fsp3) is 0.697. The van der Waals surface area contributed by atoms with Crippen LogP contribution in [-0.4, -0.2) is 83.0 Å². The van der Waals surface area contributed by atoms with E-state index in [1.807, 2.05) is 43.9 Å². The normalized spacial score (nSPS) is 38.0. The SMILES string of the molecule is CC(C)(C)[C@@H](CN1C[C@@H]2[C@H]3C[C@@H]([C@@H]2[C@H]1C(=O)N1C[C@]2(C[C@H]1C#N)C(=O)Nc1ccccc12)[C@H](F)C3)NC(=O)C1(F)CC(F)(F)C1. The first-order valence-electron chi connectivity index (χ1n) is 15.9. The fourth-order valence-corrected chi connectivity index (χ4v) is 9.46. The van der Waals surface area contributed by atoms with Gasteiger partial charge in [0.2, 0.25) is 11.8 Å². The zero-order valence-electron chi connectivity index (χ0n) is 25.7. The summed E-state index contributed by atoms with van der Waals surface area (Å²) in [6.45, 7) is 6.15. The number of nitrogens with one attached hydrogen (secondary N) is 2. The maximum atomic E-state index is 15.3. The number of anilines is 1. The number of hydrogen-bond acceptors (Lipinski definition) is 5. The third-order valence-corrected chi connectivity index (χ3v) is 11.8. The summed E-state index contributed by atoms with van der Waals surface area (Å²) in [5.74, 6) is -5.40. The molecule has 0 unspecified atom stereocenters. The highest BCUT2D eigenvalue weighted by Crippen LogP contribution is 2.59. The Hall–Kier alpha value is -3.20. The average Bonchev–Trinajstić information content (AvgIpc) is 3.73. The molecule has 3 amide bonds. The van der Waals surface area contributed by atoms with Crippen molar-refractivity contribution in [3.05, 3.63) is 29.8 Å². The lowest BCUT2D eigenvalue weighted by Gasteiger charge is -2.43. The molecule has 0 aromatic heterocycles. The quantitative estimate of drug-likeness (QED) is 0.480. The third kappa shape index (κ3) is 4.58. The predicted octanol–water partition coefficient (Wildman–Crippen LogP) is 3.96. The minimum Gasteiger partial charge on any atom is -0.349 e. The van der Waals surface area contributed by atoms with Crippen LogP contribution in [0.25, 0.3) is 0 Å². The van der Waals surface area contributed by atoms with Gasteiger partial charge in [0.05, 0.1) is 30.4 Å². The molecule has 2 saturated heterocycles. The number of carbonyl (C=O) groups excluding carboxylic acids is 3. The van der Waals surface area contributed by atoms with E-state index in [1.54, 1.807) is 6.07 Å². The number of amides is 3. The molecule has 1 spiro atoms. The number of halogens is 4. The highest BCUT2D eigenvalue weighted by atomic mass is 19.3. The van der Waals surface area contributed by atoms with Crippen LogP contribution in [0, 0.1) is 40.4 Å². The van der Waals surface area contributed by atoms with Crippen LogP contribution >= 0.6 is 0 Å². The van der Waals surface area contributed by atoms with Gasteiger partial charge < -0.3 is 15.5 Å². The van der Waals surface area contributed by atoms with Crippen LogP contribution in [0.5, 0.6) is 0 Å². The number of nitrogens with zero attached hydrogens (tertiary/aromatic N) is 3. The molecule has 6 aliphatic rings. The van der Waals surface area contributed by atoms with Gasteiger partial charge in [0, 0.05) is 37.8 Å². The second-order valence-electron chi connectivity index (χ2n) is 15.5. The standard InChI is InChI=1S/C33H39F4N5O3/c1-30(2,3)24(40-29(45)32(35)14-33(36,37)15-32)13-41-12-20-17-8-19(22(34)9-17)25(20)26(41)27(43)42-16-31(10-18(42)11-38)21-6-4-5-7-23(21)39-28(31)44/h4-7,17-20,22,24-26H,8-10,12-16H2,1-3H3,(H,39,44)(H,40,45)/t17-,18-,19+,20+,22+,24+,25-,26-,31-/m0/s1. The summed E-state index contributed by atoms with van der Waals surface area (Å²) in [5.41, 5.74) is -2.97. The Balaban J connectivity index is 1.19. The Bertz CT molecular complexity index is 1480. The number of para-hydroxylation sites is 1. The third-order valence-electron chi connectivity index (χ3n) is 11.8. The molecule has 3 aliphatic heterocycles. The Morgan fingerprint density at radius 3 is 2.53 bits per heavy atom. The van der Waals surface area contributed by atoms with Gasteiger partial charge in [-0.2, -0.15) is 5.26 Å². The van der Waals surface area contributed by atoms with E-state index in [0.717, 1.165) is 5.56 Å². The monoisotopic (exact) mass is 629 g/mol. The minimum atomic E-state index is -3.23. The van der Waals surface area contributed by atoms with E-state index in [1.165, 1.54) is 4.90 Å². The summed E-state index contributed by atoms with van der Waals surface area (Å²) in [6, 6.07) is 7.11. The number of nitriles is 1. The first kappa shape index (κ1) is 30.5. The number of benzene rings is 1. The van der Waals surface area contributed by atoms with Gasteiger partial charge in [-0.15, -0.1) is 0 Å². The van der Waals surface area contributed by atoms with Crippen molar-refractivity contribution in [2.45, 2.75) is 94.2 Å². The van der Waals surface area contributed by atoms with Gasteiger partial charge in [0.15, 0.2) is 5.67 Å². The van der Waals surface area contributed by atoms with Crippen molar-refractivity contribution in [3.63, 3.8) is 0 Å².